The minimum absolute atomic E-state index is 0.0338. The van der Waals surface area contributed by atoms with Crippen LogP contribution in [0.15, 0.2) is 102 Å². The third kappa shape index (κ3) is 5.26. The summed E-state index contributed by atoms with van der Waals surface area (Å²) in [6, 6.07) is 18.0. The van der Waals surface area contributed by atoms with E-state index in [1.807, 2.05) is 0 Å². The number of alkyl halides is 3. The van der Waals surface area contributed by atoms with E-state index in [1.165, 1.54) is 29.2 Å². The van der Waals surface area contributed by atoms with Crippen molar-refractivity contribution in [3.05, 3.63) is 124 Å². The topological polar surface area (TPSA) is 98.9 Å². The zero-order chi connectivity index (χ0) is 31.1. The Kier molecular flexibility index (Phi) is 7.83. The lowest BCUT2D eigenvalue weighted by Crippen LogP contribution is -2.46. The molecule has 0 spiro atoms. The number of rotatable bonds is 5. The van der Waals surface area contributed by atoms with E-state index in [0.717, 1.165) is 38.5 Å². The maximum atomic E-state index is 14.5. The maximum absolute atomic E-state index is 14.5. The number of benzene rings is 3. The zero-order valence-electron chi connectivity index (χ0n) is 23.0. The molecule has 0 unspecified atom stereocenters. The van der Waals surface area contributed by atoms with Crippen molar-refractivity contribution in [3.63, 3.8) is 0 Å². The molecule has 3 aromatic carbocycles. The molecule has 11 heteroatoms. The molecular formula is C32H26F4N2O5. The van der Waals surface area contributed by atoms with Crippen molar-refractivity contribution in [3.8, 4) is 0 Å². The average Bonchev–Trinajstić information content (AvgIpc) is 3.00. The van der Waals surface area contributed by atoms with Crippen molar-refractivity contribution in [1.82, 2.24) is 0 Å². The number of ketones is 1. The van der Waals surface area contributed by atoms with E-state index < -0.39 is 53.0 Å². The van der Waals surface area contributed by atoms with Gasteiger partial charge in [0, 0.05) is 22.9 Å². The second kappa shape index (κ2) is 11.4. The summed E-state index contributed by atoms with van der Waals surface area (Å²) in [6.45, 7) is 0. The summed E-state index contributed by atoms with van der Waals surface area (Å²) in [5.74, 6) is -6.69. The summed E-state index contributed by atoms with van der Waals surface area (Å²) >= 11 is 0. The van der Waals surface area contributed by atoms with E-state index in [1.54, 1.807) is 30.3 Å². The summed E-state index contributed by atoms with van der Waals surface area (Å²) in [5, 5.41) is 0. The number of nitrogens with zero attached hydrogens (tertiary/aromatic N) is 1. The maximum Gasteiger partial charge on any atom is 0.416 e. The van der Waals surface area contributed by atoms with Crippen LogP contribution in [0.25, 0.3) is 0 Å². The van der Waals surface area contributed by atoms with Gasteiger partial charge in [0.15, 0.2) is 5.78 Å². The second-order valence-electron chi connectivity index (χ2n) is 10.1. The number of carbonyl (C=O) groups is 3. The molecule has 3 aromatic rings. The summed E-state index contributed by atoms with van der Waals surface area (Å²) < 4.78 is 65.4. The van der Waals surface area contributed by atoms with Crippen molar-refractivity contribution in [1.29, 1.82) is 0 Å². The van der Waals surface area contributed by atoms with Gasteiger partial charge in [-0.1, -0.05) is 48.5 Å². The highest BCUT2D eigenvalue weighted by Gasteiger charge is 2.51. The third-order valence-electron chi connectivity index (χ3n) is 7.76. The first kappa shape index (κ1) is 29.6. The van der Waals surface area contributed by atoms with Gasteiger partial charge in [-0.25, -0.2) is 9.18 Å². The van der Waals surface area contributed by atoms with Crippen molar-refractivity contribution < 1.29 is 41.4 Å². The monoisotopic (exact) mass is 594 g/mol. The molecule has 5 rings (SSSR count). The van der Waals surface area contributed by atoms with Gasteiger partial charge in [0.2, 0.25) is 0 Å². The number of anilines is 1. The quantitative estimate of drug-likeness (QED) is 0.234. The predicted molar refractivity (Wildman–Crippen MR) is 148 cm³/mol. The van der Waals surface area contributed by atoms with E-state index in [9.17, 15) is 31.9 Å². The van der Waals surface area contributed by atoms with Crippen molar-refractivity contribution in [2.45, 2.75) is 24.4 Å². The molecule has 1 aliphatic heterocycles. The fourth-order valence-corrected chi connectivity index (χ4v) is 5.85. The van der Waals surface area contributed by atoms with Crippen LogP contribution >= 0.6 is 0 Å². The lowest BCUT2D eigenvalue weighted by Gasteiger charge is -2.44. The van der Waals surface area contributed by atoms with Gasteiger partial charge in [-0.05, 0) is 47.9 Å². The van der Waals surface area contributed by atoms with E-state index in [4.69, 9.17) is 15.2 Å². The summed E-state index contributed by atoms with van der Waals surface area (Å²) in [5.41, 5.74) is 6.37. The van der Waals surface area contributed by atoms with Crippen LogP contribution in [-0.4, -0.2) is 31.9 Å². The summed E-state index contributed by atoms with van der Waals surface area (Å²) in [7, 11) is 2.24. The number of ether oxygens (including phenoxy) is 2. The highest BCUT2D eigenvalue weighted by atomic mass is 19.4. The number of halogens is 4. The molecule has 1 aliphatic carbocycles. The lowest BCUT2D eigenvalue weighted by molar-refractivity contribution is -0.150. The van der Waals surface area contributed by atoms with Crippen LogP contribution in [0, 0.1) is 11.7 Å². The van der Waals surface area contributed by atoms with E-state index in [2.05, 4.69) is 0 Å². The molecule has 0 bridgehead atoms. The van der Waals surface area contributed by atoms with Crippen LogP contribution in [0.5, 0.6) is 0 Å². The minimum Gasteiger partial charge on any atom is -0.468 e. The number of hydrogen-bond donors (Lipinski definition) is 1. The summed E-state index contributed by atoms with van der Waals surface area (Å²) in [4.78, 5) is 42.2. The molecule has 0 saturated carbocycles. The molecule has 7 nitrogen and oxygen atoms in total. The average molecular weight is 595 g/mol. The predicted octanol–water partition coefficient (Wildman–Crippen LogP) is 5.59. The van der Waals surface area contributed by atoms with Crippen LogP contribution in [0.1, 0.15) is 34.9 Å². The molecule has 1 heterocycles. The van der Waals surface area contributed by atoms with Crippen LogP contribution in [0.3, 0.4) is 0 Å². The van der Waals surface area contributed by atoms with Gasteiger partial charge in [-0.3, -0.25) is 14.5 Å². The van der Waals surface area contributed by atoms with E-state index in [-0.39, 0.29) is 40.3 Å². The normalized spacial score (nSPS) is 20.6. The number of methoxy groups -OCH3 is 2. The Labute approximate surface area is 244 Å². The highest BCUT2D eigenvalue weighted by molar-refractivity contribution is 6.14. The Morgan fingerprint density at radius 2 is 1.58 bits per heavy atom. The standard InChI is InChI=1S/C32H26F4N2O5/c1-42-30(40)25-22(17-7-4-3-5-8-17)16-23-26(28(25)39)24(18-11-13-20(33)14-12-18)27(31(41)43-2)29(37)38(23)21-10-6-9-19(15-21)32(34,35)36/h3-15,22,24-25H,16,37H2,1-2H3/t22-,24+,25+/m1/s1. The van der Waals surface area contributed by atoms with Gasteiger partial charge in [0.1, 0.15) is 17.6 Å². The minimum atomic E-state index is -4.70. The molecule has 43 heavy (non-hydrogen) atoms. The Morgan fingerprint density at radius 3 is 2.19 bits per heavy atom. The molecule has 3 atom stereocenters. The molecule has 0 saturated heterocycles. The smallest absolute Gasteiger partial charge is 0.416 e. The van der Waals surface area contributed by atoms with Crippen LogP contribution < -0.4 is 10.6 Å². The number of carbonyl (C=O) groups excluding carboxylic acids is 3. The van der Waals surface area contributed by atoms with Crippen LogP contribution in [-0.2, 0) is 30.0 Å². The van der Waals surface area contributed by atoms with Crippen molar-refractivity contribution >= 4 is 23.4 Å². The second-order valence-corrected chi connectivity index (χ2v) is 10.1. The molecule has 222 valence electrons. The van der Waals surface area contributed by atoms with E-state index in [0.29, 0.717) is 5.56 Å². The lowest BCUT2D eigenvalue weighted by atomic mass is 9.67. The van der Waals surface area contributed by atoms with Gasteiger partial charge in [-0.2, -0.15) is 13.2 Å². The van der Waals surface area contributed by atoms with Crippen LogP contribution in [0.4, 0.5) is 23.2 Å². The summed E-state index contributed by atoms with van der Waals surface area (Å²) in [6.07, 6.45) is -4.73. The third-order valence-corrected chi connectivity index (χ3v) is 7.76. The molecule has 0 amide bonds. The molecule has 0 radical (unpaired) electrons. The Bertz CT molecular complexity index is 1650. The van der Waals surface area contributed by atoms with Gasteiger partial charge >= 0.3 is 18.1 Å². The molecular weight excluding hydrogens is 568 g/mol. The molecule has 2 N–H and O–H groups in total. The first-order valence-electron chi connectivity index (χ1n) is 13.2. The first-order valence-corrected chi connectivity index (χ1v) is 13.2. The number of nitrogens with two attached hydrogens (primary N) is 1. The van der Waals surface area contributed by atoms with E-state index >= 15 is 0 Å². The van der Waals surface area contributed by atoms with Gasteiger partial charge in [-0.15, -0.1) is 0 Å². The van der Waals surface area contributed by atoms with Crippen molar-refractivity contribution in [2.75, 3.05) is 19.1 Å². The Balaban J connectivity index is 1.84. The first-order chi connectivity index (χ1) is 20.5. The molecule has 2 aliphatic rings. The SMILES string of the molecule is COC(=O)C1=C(N)N(c2cccc(C(F)(F)F)c2)C2=C(C(=O)[C@@H](C(=O)OC)[C@@H](c3ccccc3)C2)[C@@H]1c1ccc(F)cc1. The Hall–Kier alpha value is -4.93. The molecule has 0 aromatic heterocycles. The van der Waals surface area contributed by atoms with Crippen molar-refractivity contribution in [2.24, 2.45) is 11.7 Å². The van der Waals surface area contributed by atoms with Gasteiger partial charge in [0.25, 0.3) is 0 Å². The van der Waals surface area contributed by atoms with Crippen LogP contribution in [0.2, 0.25) is 0 Å². The Morgan fingerprint density at radius 1 is 0.907 bits per heavy atom. The number of esters is 2. The highest BCUT2D eigenvalue weighted by Crippen LogP contribution is 2.51. The largest absolute Gasteiger partial charge is 0.468 e. The fraction of sp³-hybridized carbons (Fsp3) is 0.219. The fourth-order valence-electron chi connectivity index (χ4n) is 5.85. The number of hydrogen-bond acceptors (Lipinski definition) is 7. The number of allylic oxidation sites excluding steroid dienone is 2. The van der Waals surface area contributed by atoms with Gasteiger partial charge in [0.05, 0.1) is 31.3 Å². The molecule has 0 fully saturated rings. The van der Waals surface area contributed by atoms with Gasteiger partial charge < -0.3 is 15.2 Å². The zero-order valence-corrected chi connectivity index (χ0v) is 23.0. The number of Topliss-reactive ketones (excluding diaryl/α,β-unsaturated/α-hetero) is 1.